The Hall–Kier alpha value is -0.770. The number of phenolic OH excluding ortho intramolecular Hbond substituents is 1. The molecule has 0 saturated carbocycles. The van der Waals surface area contributed by atoms with Gasteiger partial charge in [0.15, 0.2) is 0 Å². The zero-order chi connectivity index (χ0) is 11.5. The molecule has 0 amide bonds. The number of ether oxygens (including phenoxy) is 1. The molecule has 1 aliphatic rings. The Morgan fingerprint density at radius 3 is 3.06 bits per heavy atom. The molecule has 1 fully saturated rings. The molecule has 2 unspecified atom stereocenters. The predicted molar refractivity (Wildman–Crippen MR) is 63.8 cm³/mol. The van der Waals surface area contributed by atoms with Crippen LogP contribution in [-0.2, 0) is 11.3 Å². The first-order valence-corrected chi connectivity index (χ1v) is 5.87. The van der Waals surface area contributed by atoms with E-state index in [-0.39, 0.29) is 11.9 Å². The Labute approximate surface area is 100 Å². The standard InChI is InChI=1S/C12H16ClNO2/c1-8-11(4-5-16-8)14-7-9-6-10(13)2-3-12(9)15/h2-3,6,8,11,14-15H,4-5,7H2,1H3. The minimum atomic E-state index is 0.237. The summed E-state index contributed by atoms with van der Waals surface area (Å²) in [5, 5.41) is 13.7. The highest BCUT2D eigenvalue weighted by Gasteiger charge is 2.23. The van der Waals surface area contributed by atoms with Crippen LogP contribution in [0.4, 0.5) is 0 Å². The molecule has 1 aliphatic heterocycles. The van der Waals surface area contributed by atoms with E-state index in [2.05, 4.69) is 12.2 Å². The van der Waals surface area contributed by atoms with Gasteiger partial charge in [0, 0.05) is 29.8 Å². The Morgan fingerprint density at radius 1 is 1.56 bits per heavy atom. The van der Waals surface area contributed by atoms with Crippen molar-refractivity contribution in [3.8, 4) is 5.75 Å². The van der Waals surface area contributed by atoms with Gasteiger partial charge in [-0.25, -0.2) is 0 Å². The minimum Gasteiger partial charge on any atom is -0.508 e. The molecule has 88 valence electrons. The molecule has 0 radical (unpaired) electrons. The van der Waals surface area contributed by atoms with E-state index in [0.29, 0.717) is 17.6 Å². The van der Waals surface area contributed by atoms with Crippen LogP contribution >= 0.6 is 11.6 Å². The molecule has 2 atom stereocenters. The van der Waals surface area contributed by atoms with Gasteiger partial charge in [-0.05, 0) is 31.5 Å². The number of nitrogens with one attached hydrogen (secondary N) is 1. The van der Waals surface area contributed by atoms with Crippen molar-refractivity contribution in [2.45, 2.75) is 32.0 Å². The zero-order valence-electron chi connectivity index (χ0n) is 9.24. The number of aromatic hydroxyl groups is 1. The summed E-state index contributed by atoms with van der Waals surface area (Å²) in [5.74, 6) is 0.281. The van der Waals surface area contributed by atoms with Crippen LogP contribution in [0.1, 0.15) is 18.9 Å². The Balaban J connectivity index is 1.96. The molecule has 1 aromatic rings. The maximum Gasteiger partial charge on any atom is 0.120 e. The SMILES string of the molecule is CC1OCCC1NCc1cc(Cl)ccc1O. The monoisotopic (exact) mass is 241 g/mol. The fourth-order valence-electron chi connectivity index (χ4n) is 1.94. The second-order valence-corrected chi connectivity index (χ2v) is 4.56. The van der Waals surface area contributed by atoms with Crippen molar-refractivity contribution in [2.24, 2.45) is 0 Å². The quantitative estimate of drug-likeness (QED) is 0.854. The van der Waals surface area contributed by atoms with Gasteiger partial charge in [0.1, 0.15) is 5.75 Å². The topological polar surface area (TPSA) is 41.5 Å². The lowest BCUT2D eigenvalue weighted by molar-refractivity contribution is 0.113. The highest BCUT2D eigenvalue weighted by atomic mass is 35.5. The summed E-state index contributed by atoms with van der Waals surface area (Å²) in [6.45, 7) is 3.48. The van der Waals surface area contributed by atoms with E-state index in [9.17, 15) is 5.11 Å². The van der Waals surface area contributed by atoms with Gasteiger partial charge < -0.3 is 15.2 Å². The third-order valence-corrected chi connectivity index (χ3v) is 3.21. The third-order valence-electron chi connectivity index (χ3n) is 2.97. The van der Waals surface area contributed by atoms with Gasteiger partial charge in [-0.1, -0.05) is 11.6 Å². The number of benzene rings is 1. The lowest BCUT2D eigenvalue weighted by Crippen LogP contribution is -2.34. The molecule has 0 aromatic heterocycles. The van der Waals surface area contributed by atoms with E-state index in [4.69, 9.17) is 16.3 Å². The molecule has 0 spiro atoms. The summed E-state index contributed by atoms with van der Waals surface area (Å²) >= 11 is 5.88. The molecule has 1 heterocycles. The van der Waals surface area contributed by atoms with E-state index in [0.717, 1.165) is 18.6 Å². The second-order valence-electron chi connectivity index (χ2n) is 4.13. The van der Waals surface area contributed by atoms with Gasteiger partial charge in [-0.2, -0.15) is 0 Å². The van der Waals surface area contributed by atoms with Crippen LogP contribution in [0.3, 0.4) is 0 Å². The van der Waals surface area contributed by atoms with E-state index < -0.39 is 0 Å². The van der Waals surface area contributed by atoms with Crippen molar-refractivity contribution in [1.82, 2.24) is 5.32 Å². The number of halogens is 1. The van der Waals surface area contributed by atoms with Crippen molar-refractivity contribution in [3.63, 3.8) is 0 Å². The van der Waals surface area contributed by atoms with Crippen LogP contribution in [0.2, 0.25) is 5.02 Å². The van der Waals surface area contributed by atoms with Gasteiger partial charge >= 0.3 is 0 Å². The van der Waals surface area contributed by atoms with E-state index in [1.54, 1.807) is 18.2 Å². The van der Waals surface area contributed by atoms with Crippen molar-refractivity contribution in [2.75, 3.05) is 6.61 Å². The molecular weight excluding hydrogens is 226 g/mol. The van der Waals surface area contributed by atoms with E-state index in [1.165, 1.54) is 0 Å². The first-order chi connectivity index (χ1) is 7.66. The van der Waals surface area contributed by atoms with Crippen LogP contribution in [-0.4, -0.2) is 23.9 Å². The zero-order valence-corrected chi connectivity index (χ0v) is 10.00. The molecule has 3 nitrogen and oxygen atoms in total. The van der Waals surface area contributed by atoms with Crippen LogP contribution in [0.15, 0.2) is 18.2 Å². The maximum absolute atomic E-state index is 9.64. The van der Waals surface area contributed by atoms with Crippen LogP contribution in [0, 0.1) is 0 Å². The number of hydrogen-bond donors (Lipinski definition) is 2. The largest absolute Gasteiger partial charge is 0.508 e. The summed E-state index contributed by atoms with van der Waals surface area (Å²) in [6, 6.07) is 5.44. The predicted octanol–water partition coefficient (Wildman–Crippen LogP) is 2.31. The molecule has 0 bridgehead atoms. The van der Waals surface area contributed by atoms with Gasteiger partial charge in [0.25, 0.3) is 0 Å². The van der Waals surface area contributed by atoms with Gasteiger partial charge in [0.2, 0.25) is 0 Å². The highest BCUT2D eigenvalue weighted by molar-refractivity contribution is 6.30. The smallest absolute Gasteiger partial charge is 0.120 e. The van der Waals surface area contributed by atoms with Crippen molar-refractivity contribution in [3.05, 3.63) is 28.8 Å². The van der Waals surface area contributed by atoms with Gasteiger partial charge in [-0.15, -0.1) is 0 Å². The molecular formula is C12H16ClNO2. The Bertz CT molecular complexity index is 370. The normalized spacial score (nSPS) is 24.9. The summed E-state index contributed by atoms with van der Waals surface area (Å²) in [4.78, 5) is 0. The summed E-state index contributed by atoms with van der Waals surface area (Å²) in [7, 11) is 0. The summed E-state index contributed by atoms with van der Waals surface area (Å²) < 4.78 is 5.46. The molecule has 16 heavy (non-hydrogen) atoms. The third kappa shape index (κ3) is 2.67. The molecule has 2 N–H and O–H groups in total. The van der Waals surface area contributed by atoms with Crippen molar-refractivity contribution in [1.29, 1.82) is 0 Å². The van der Waals surface area contributed by atoms with Crippen LogP contribution < -0.4 is 5.32 Å². The molecule has 0 aliphatic carbocycles. The Kier molecular flexibility index (Phi) is 3.69. The fraction of sp³-hybridized carbons (Fsp3) is 0.500. The van der Waals surface area contributed by atoms with Crippen molar-refractivity contribution >= 4 is 11.6 Å². The van der Waals surface area contributed by atoms with Gasteiger partial charge in [-0.3, -0.25) is 0 Å². The van der Waals surface area contributed by atoms with E-state index in [1.807, 2.05) is 0 Å². The molecule has 1 aromatic carbocycles. The Morgan fingerprint density at radius 2 is 2.38 bits per heavy atom. The maximum atomic E-state index is 9.64. The van der Waals surface area contributed by atoms with Crippen LogP contribution in [0.5, 0.6) is 5.75 Å². The highest BCUT2D eigenvalue weighted by Crippen LogP contribution is 2.22. The summed E-state index contributed by atoms with van der Waals surface area (Å²) in [5.41, 5.74) is 0.826. The lowest BCUT2D eigenvalue weighted by Gasteiger charge is -2.16. The van der Waals surface area contributed by atoms with Crippen molar-refractivity contribution < 1.29 is 9.84 Å². The lowest BCUT2D eigenvalue weighted by atomic mass is 10.1. The molecule has 2 rings (SSSR count). The first kappa shape index (κ1) is 11.7. The number of phenols is 1. The average molecular weight is 242 g/mol. The fourth-order valence-corrected chi connectivity index (χ4v) is 2.13. The molecule has 4 heteroatoms. The second kappa shape index (κ2) is 5.04. The molecule has 1 saturated heterocycles. The number of rotatable bonds is 3. The number of hydrogen-bond acceptors (Lipinski definition) is 3. The minimum absolute atomic E-state index is 0.237. The summed E-state index contributed by atoms with van der Waals surface area (Å²) in [6.07, 6.45) is 1.25. The van der Waals surface area contributed by atoms with Crippen LogP contribution in [0.25, 0.3) is 0 Å². The average Bonchev–Trinajstić information content (AvgIpc) is 2.66. The first-order valence-electron chi connectivity index (χ1n) is 5.49. The van der Waals surface area contributed by atoms with Gasteiger partial charge in [0.05, 0.1) is 6.10 Å². The van der Waals surface area contributed by atoms with E-state index >= 15 is 0 Å².